The average Bonchev–Trinajstić information content (AvgIpc) is 3.20. The molecule has 5 rings (SSSR count). The van der Waals surface area contributed by atoms with Crippen LogP contribution in [0.4, 0.5) is 0 Å². The fraction of sp³-hybridized carbons (Fsp3) is 0.129. The summed E-state index contributed by atoms with van der Waals surface area (Å²) in [5.41, 5.74) is 6.60. The maximum absolute atomic E-state index is 9.96. The molecule has 4 aromatic carbocycles. The van der Waals surface area contributed by atoms with Crippen LogP contribution in [0.2, 0.25) is 0 Å². The van der Waals surface area contributed by atoms with Crippen molar-refractivity contribution >= 4 is 21.8 Å². The van der Waals surface area contributed by atoms with Crippen LogP contribution in [0.25, 0.3) is 38.6 Å². The first-order chi connectivity index (χ1) is 16.9. The lowest BCUT2D eigenvalue weighted by Gasteiger charge is -2.19. The van der Waals surface area contributed by atoms with E-state index in [-0.39, 0.29) is 5.41 Å². The van der Waals surface area contributed by atoms with Gasteiger partial charge in [-0.3, -0.25) is 0 Å². The molecule has 0 unspecified atom stereocenters. The molecule has 0 aliphatic heterocycles. The zero-order valence-corrected chi connectivity index (χ0v) is 19.8. The number of hydrogen-bond donors (Lipinski definition) is 0. The first kappa shape index (κ1) is 22.0. The Labute approximate surface area is 204 Å². The van der Waals surface area contributed by atoms with Crippen molar-refractivity contribution in [2.45, 2.75) is 26.2 Å². The topological polar surface area (TPSA) is 76.3 Å². The Morgan fingerprint density at radius 3 is 1.80 bits per heavy atom. The first-order valence-corrected chi connectivity index (χ1v) is 11.4. The van der Waals surface area contributed by atoms with Crippen LogP contribution in [0, 0.1) is 34.0 Å². The van der Waals surface area contributed by atoms with Crippen molar-refractivity contribution in [3.8, 4) is 35.0 Å². The van der Waals surface area contributed by atoms with E-state index in [1.54, 1.807) is 12.1 Å². The zero-order chi connectivity index (χ0) is 24.7. The smallest absolute Gasteiger partial charge is 0.101 e. The highest BCUT2D eigenvalue weighted by molar-refractivity contribution is 6.11. The van der Waals surface area contributed by atoms with Crippen molar-refractivity contribution in [1.29, 1.82) is 15.8 Å². The Balaban J connectivity index is 1.94. The fourth-order valence-corrected chi connectivity index (χ4v) is 4.65. The lowest BCUT2D eigenvalue weighted by molar-refractivity contribution is 0.591. The molecule has 0 radical (unpaired) electrons. The van der Waals surface area contributed by atoms with Gasteiger partial charge in [0.25, 0.3) is 0 Å². The van der Waals surface area contributed by atoms with Crippen LogP contribution in [0.3, 0.4) is 0 Å². The number of nitrogens with zero attached hydrogens (tertiary/aromatic N) is 4. The van der Waals surface area contributed by atoms with Crippen molar-refractivity contribution in [2.24, 2.45) is 0 Å². The highest BCUT2D eigenvalue weighted by Crippen LogP contribution is 2.38. The van der Waals surface area contributed by atoms with Gasteiger partial charge in [-0.2, -0.15) is 15.8 Å². The summed E-state index contributed by atoms with van der Waals surface area (Å²) < 4.78 is 1.99. The number of benzene rings is 4. The molecule has 1 aromatic heterocycles. The van der Waals surface area contributed by atoms with Crippen molar-refractivity contribution in [3.63, 3.8) is 0 Å². The number of hydrogen-bond acceptors (Lipinski definition) is 3. The molecule has 4 heteroatoms. The quantitative estimate of drug-likeness (QED) is 0.282. The van der Waals surface area contributed by atoms with E-state index in [0.717, 1.165) is 32.9 Å². The third kappa shape index (κ3) is 3.61. The molecule has 0 fully saturated rings. The van der Waals surface area contributed by atoms with Crippen LogP contribution in [-0.4, -0.2) is 4.57 Å². The van der Waals surface area contributed by atoms with Gasteiger partial charge in [0, 0.05) is 10.8 Å². The molecule has 0 aliphatic rings. The largest absolute Gasteiger partial charge is 0.307 e. The van der Waals surface area contributed by atoms with Crippen molar-refractivity contribution < 1.29 is 0 Å². The minimum atomic E-state index is -0.0380. The molecule has 0 N–H and O–H groups in total. The molecule has 0 amide bonds. The van der Waals surface area contributed by atoms with E-state index in [2.05, 4.69) is 87.5 Å². The second-order valence-electron chi connectivity index (χ2n) is 9.67. The van der Waals surface area contributed by atoms with Gasteiger partial charge < -0.3 is 4.57 Å². The van der Waals surface area contributed by atoms with Gasteiger partial charge in [-0.1, -0.05) is 63.2 Å². The van der Waals surface area contributed by atoms with Crippen LogP contribution in [-0.2, 0) is 5.41 Å². The summed E-state index contributed by atoms with van der Waals surface area (Å²) in [4.78, 5) is 0. The molecular weight excluding hydrogens is 428 g/mol. The molecule has 35 heavy (non-hydrogen) atoms. The Morgan fingerprint density at radius 1 is 0.629 bits per heavy atom. The highest BCUT2D eigenvalue weighted by Gasteiger charge is 2.22. The number of aromatic nitrogens is 1. The van der Waals surface area contributed by atoms with E-state index in [9.17, 15) is 15.8 Å². The predicted molar refractivity (Wildman–Crippen MR) is 139 cm³/mol. The van der Waals surface area contributed by atoms with Gasteiger partial charge in [0.15, 0.2) is 0 Å². The van der Waals surface area contributed by atoms with Gasteiger partial charge in [-0.05, 0) is 58.5 Å². The van der Waals surface area contributed by atoms with Gasteiger partial charge in [-0.15, -0.1) is 0 Å². The summed E-state index contributed by atoms with van der Waals surface area (Å²) in [5.74, 6) is 0. The third-order valence-electron chi connectivity index (χ3n) is 6.44. The molecule has 4 nitrogen and oxygen atoms in total. The predicted octanol–water partition coefficient (Wildman–Crippen LogP) is 7.36. The number of nitriles is 3. The summed E-state index contributed by atoms with van der Waals surface area (Å²) in [6.45, 7) is 6.56. The number of fused-ring (bicyclic) bond motifs is 3. The van der Waals surface area contributed by atoms with E-state index in [1.165, 1.54) is 5.56 Å². The molecule has 0 atom stereocenters. The summed E-state index contributed by atoms with van der Waals surface area (Å²) in [6.07, 6.45) is 0. The summed E-state index contributed by atoms with van der Waals surface area (Å²) >= 11 is 0. The summed E-state index contributed by atoms with van der Waals surface area (Å²) in [6, 6.07) is 32.5. The van der Waals surface area contributed by atoms with Gasteiger partial charge in [0.1, 0.15) is 12.1 Å². The van der Waals surface area contributed by atoms with E-state index in [1.807, 2.05) is 22.8 Å². The van der Waals surface area contributed by atoms with Crippen molar-refractivity contribution in [2.75, 3.05) is 0 Å². The maximum Gasteiger partial charge on any atom is 0.101 e. The van der Waals surface area contributed by atoms with E-state index >= 15 is 0 Å². The first-order valence-electron chi connectivity index (χ1n) is 11.4. The zero-order valence-electron chi connectivity index (χ0n) is 19.8. The van der Waals surface area contributed by atoms with Crippen molar-refractivity contribution in [1.82, 2.24) is 4.57 Å². The van der Waals surface area contributed by atoms with Crippen LogP contribution in [0.5, 0.6) is 0 Å². The van der Waals surface area contributed by atoms with Gasteiger partial charge >= 0.3 is 0 Å². The molecular formula is C31H22N4. The Hall–Kier alpha value is -4.85. The second kappa shape index (κ2) is 8.18. The molecule has 0 saturated heterocycles. The second-order valence-corrected chi connectivity index (χ2v) is 9.67. The summed E-state index contributed by atoms with van der Waals surface area (Å²) in [7, 11) is 0. The fourth-order valence-electron chi connectivity index (χ4n) is 4.65. The van der Waals surface area contributed by atoms with E-state index in [0.29, 0.717) is 22.4 Å². The lowest BCUT2D eigenvalue weighted by atomic mass is 9.86. The highest BCUT2D eigenvalue weighted by atomic mass is 15.0. The van der Waals surface area contributed by atoms with Crippen molar-refractivity contribution in [3.05, 3.63) is 101 Å². The number of rotatable bonds is 2. The van der Waals surface area contributed by atoms with E-state index in [4.69, 9.17) is 0 Å². The maximum atomic E-state index is 9.96. The monoisotopic (exact) mass is 450 g/mol. The van der Waals surface area contributed by atoms with Gasteiger partial charge in [-0.25, -0.2) is 0 Å². The average molecular weight is 451 g/mol. The van der Waals surface area contributed by atoms with Gasteiger partial charge in [0.05, 0.1) is 39.5 Å². The molecule has 0 saturated carbocycles. The van der Waals surface area contributed by atoms with Crippen LogP contribution < -0.4 is 0 Å². The minimum Gasteiger partial charge on any atom is -0.307 e. The molecule has 1 heterocycles. The van der Waals surface area contributed by atoms with E-state index < -0.39 is 0 Å². The van der Waals surface area contributed by atoms with Crippen LogP contribution >= 0.6 is 0 Å². The Bertz CT molecular complexity index is 1710. The normalized spacial score (nSPS) is 11.2. The third-order valence-corrected chi connectivity index (χ3v) is 6.44. The lowest BCUT2D eigenvalue weighted by Crippen LogP contribution is -2.10. The minimum absolute atomic E-state index is 0.0380. The Morgan fingerprint density at radius 2 is 1.23 bits per heavy atom. The molecule has 5 aromatic rings. The standard InChI is InChI=1S/C31H22N4/c1-31(2,3)25-10-12-29-27(16-25)26-15-22(21-7-5-4-6-8-21)9-11-28(26)35(29)30-23(18-33)13-20(17-32)14-24(30)19-34/h4-16H,1-3H3. The molecule has 166 valence electrons. The Kier molecular flexibility index (Phi) is 5.13. The molecule has 0 bridgehead atoms. The summed E-state index contributed by atoms with van der Waals surface area (Å²) in [5, 5.41) is 31.4. The van der Waals surface area contributed by atoms with Crippen LogP contribution in [0.15, 0.2) is 78.9 Å². The SMILES string of the molecule is CC(C)(C)c1ccc2c(c1)c1cc(-c3ccccc3)ccc1n2-c1c(C#N)cc(C#N)cc1C#N. The van der Waals surface area contributed by atoms with Crippen LogP contribution in [0.1, 0.15) is 43.0 Å². The van der Waals surface area contributed by atoms with Gasteiger partial charge in [0.2, 0.25) is 0 Å². The molecule has 0 spiro atoms. The molecule has 0 aliphatic carbocycles.